The number of rotatable bonds is 9. The van der Waals surface area contributed by atoms with Crippen LogP contribution in [0.2, 0.25) is 0 Å². The fourth-order valence-corrected chi connectivity index (χ4v) is 3.38. The van der Waals surface area contributed by atoms with Crippen LogP contribution >= 0.6 is 0 Å². The predicted octanol–water partition coefficient (Wildman–Crippen LogP) is 6.40. The summed E-state index contributed by atoms with van der Waals surface area (Å²) in [4.78, 5) is 0. The predicted molar refractivity (Wildman–Crippen MR) is 84.8 cm³/mol. The molecule has 0 aromatic carbocycles. The molecule has 0 heteroatoms. The zero-order valence-electron chi connectivity index (χ0n) is 14.3. The molecule has 0 saturated heterocycles. The van der Waals surface area contributed by atoms with Crippen molar-refractivity contribution in [1.82, 2.24) is 0 Å². The molecule has 0 nitrogen and oxygen atoms in total. The van der Waals surface area contributed by atoms with Crippen LogP contribution in [0.5, 0.6) is 0 Å². The molecule has 0 aromatic heterocycles. The van der Waals surface area contributed by atoms with Crippen molar-refractivity contribution in [3.63, 3.8) is 0 Å². The normalized spacial score (nSPS) is 20.5. The van der Waals surface area contributed by atoms with Crippen molar-refractivity contribution in [1.29, 1.82) is 0 Å². The smallest absolute Gasteiger partial charge is 0.0334 e. The monoisotopic (exact) mass is 254 g/mol. The van der Waals surface area contributed by atoms with Gasteiger partial charge in [0.25, 0.3) is 0 Å². The molecule has 0 aliphatic carbocycles. The Hall–Kier alpha value is 0. The van der Waals surface area contributed by atoms with Crippen LogP contribution in [-0.4, -0.2) is 0 Å². The maximum Gasteiger partial charge on any atom is -0.0334 e. The van der Waals surface area contributed by atoms with E-state index in [4.69, 9.17) is 0 Å². The van der Waals surface area contributed by atoms with Crippen molar-refractivity contribution in [2.45, 2.75) is 81.1 Å². The molecule has 0 N–H and O–H groups in total. The molecule has 18 heavy (non-hydrogen) atoms. The van der Waals surface area contributed by atoms with Gasteiger partial charge in [-0.1, -0.05) is 74.7 Å². The van der Waals surface area contributed by atoms with E-state index >= 15 is 0 Å². The Bertz CT molecular complexity index is 184. The fourth-order valence-electron chi connectivity index (χ4n) is 3.38. The highest BCUT2D eigenvalue weighted by atomic mass is 14.4. The largest absolute Gasteiger partial charge is 0.0651 e. The zero-order chi connectivity index (χ0) is 14.3. The average Bonchev–Trinajstić information content (AvgIpc) is 2.36. The average molecular weight is 255 g/mol. The van der Waals surface area contributed by atoms with E-state index in [2.05, 4.69) is 55.4 Å². The molecule has 0 rings (SSSR count). The molecule has 0 radical (unpaired) electrons. The third-order valence-electron chi connectivity index (χ3n) is 5.48. The van der Waals surface area contributed by atoms with Gasteiger partial charge in [-0.2, -0.15) is 0 Å². The molecule has 0 saturated carbocycles. The lowest BCUT2D eigenvalue weighted by Crippen LogP contribution is -2.29. The number of hydrogen-bond acceptors (Lipinski definition) is 0. The Morgan fingerprint density at radius 3 is 1.33 bits per heavy atom. The number of hydrogen-bond donors (Lipinski definition) is 0. The van der Waals surface area contributed by atoms with Gasteiger partial charge in [-0.3, -0.25) is 0 Å². The summed E-state index contributed by atoms with van der Waals surface area (Å²) in [6.45, 7) is 19.3. The standard InChI is InChI=1S/C18H38/c1-9-14(6)18(15(7)10-2)17(11-3)12-16(8)13(4)5/h13-18H,9-12H2,1-8H3. The van der Waals surface area contributed by atoms with E-state index in [1.54, 1.807) is 0 Å². The molecule has 0 aromatic rings. The van der Waals surface area contributed by atoms with Gasteiger partial charge in [0.15, 0.2) is 0 Å². The highest BCUT2D eigenvalue weighted by Gasteiger charge is 2.30. The third kappa shape index (κ3) is 5.33. The Balaban J connectivity index is 4.80. The lowest BCUT2D eigenvalue weighted by atomic mass is 9.68. The highest BCUT2D eigenvalue weighted by Crippen LogP contribution is 2.38. The van der Waals surface area contributed by atoms with Gasteiger partial charge < -0.3 is 0 Å². The van der Waals surface area contributed by atoms with Gasteiger partial charge in [-0.15, -0.1) is 0 Å². The Morgan fingerprint density at radius 2 is 1.06 bits per heavy atom. The molecular formula is C18H38. The second-order valence-corrected chi connectivity index (χ2v) is 6.97. The van der Waals surface area contributed by atoms with Crippen LogP contribution in [0.1, 0.15) is 81.1 Å². The molecule has 0 fully saturated rings. The van der Waals surface area contributed by atoms with Crippen LogP contribution in [0.4, 0.5) is 0 Å². The third-order valence-corrected chi connectivity index (χ3v) is 5.48. The topological polar surface area (TPSA) is 0 Å². The first-order chi connectivity index (χ1) is 8.38. The lowest BCUT2D eigenvalue weighted by molar-refractivity contribution is 0.123. The summed E-state index contributed by atoms with van der Waals surface area (Å²) >= 11 is 0. The molecule has 0 bridgehead atoms. The van der Waals surface area contributed by atoms with Crippen LogP contribution in [0.25, 0.3) is 0 Å². The van der Waals surface area contributed by atoms with E-state index in [0.29, 0.717) is 0 Å². The molecule has 0 heterocycles. The summed E-state index contributed by atoms with van der Waals surface area (Å²) in [6, 6.07) is 0. The lowest BCUT2D eigenvalue weighted by Gasteiger charge is -2.37. The van der Waals surface area contributed by atoms with Crippen molar-refractivity contribution < 1.29 is 0 Å². The van der Waals surface area contributed by atoms with Crippen LogP contribution < -0.4 is 0 Å². The fraction of sp³-hybridized carbons (Fsp3) is 1.00. The zero-order valence-corrected chi connectivity index (χ0v) is 14.3. The molecule has 0 amide bonds. The molecular weight excluding hydrogens is 216 g/mol. The van der Waals surface area contributed by atoms with Crippen LogP contribution in [0, 0.1) is 35.5 Å². The summed E-state index contributed by atoms with van der Waals surface area (Å²) in [6.07, 6.45) is 5.45. The minimum Gasteiger partial charge on any atom is -0.0651 e. The first-order valence-corrected chi connectivity index (χ1v) is 8.38. The van der Waals surface area contributed by atoms with Gasteiger partial charge in [0.05, 0.1) is 0 Å². The van der Waals surface area contributed by atoms with E-state index < -0.39 is 0 Å². The van der Waals surface area contributed by atoms with Gasteiger partial charge in [-0.05, 0) is 41.9 Å². The molecule has 110 valence electrons. The van der Waals surface area contributed by atoms with E-state index in [0.717, 1.165) is 35.5 Å². The maximum atomic E-state index is 2.47. The minimum atomic E-state index is 0.827. The van der Waals surface area contributed by atoms with Crippen LogP contribution in [0.15, 0.2) is 0 Å². The summed E-state index contributed by atoms with van der Waals surface area (Å²) in [5, 5.41) is 0. The SMILES string of the molecule is CCC(C)C(C(C)CC)C(CC)CC(C)C(C)C. The van der Waals surface area contributed by atoms with Crippen molar-refractivity contribution >= 4 is 0 Å². The van der Waals surface area contributed by atoms with Gasteiger partial charge >= 0.3 is 0 Å². The van der Waals surface area contributed by atoms with Gasteiger partial charge in [0.1, 0.15) is 0 Å². The summed E-state index contributed by atoms with van der Waals surface area (Å²) in [5.74, 6) is 5.30. The highest BCUT2D eigenvalue weighted by molar-refractivity contribution is 4.79. The quantitative estimate of drug-likeness (QED) is 0.446. The molecule has 0 aliphatic rings. The van der Waals surface area contributed by atoms with E-state index in [1.165, 1.54) is 25.7 Å². The molecule has 0 aliphatic heterocycles. The molecule has 4 atom stereocenters. The van der Waals surface area contributed by atoms with Crippen molar-refractivity contribution in [2.75, 3.05) is 0 Å². The molecule has 4 unspecified atom stereocenters. The van der Waals surface area contributed by atoms with Crippen molar-refractivity contribution in [3.8, 4) is 0 Å². The first-order valence-electron chi connectivity index (χ1n) is 8.38. The van der Waals surface area contributed by atoms with Crippen molar-refractivity contribution in [2.24, 2.45) is 35.5 Å². The summed E-state index contributed by atoms with van der Waals surface area (Å²) in [5.41, 5.74) is 0. The Morgan fingerprint density at radius 1 is 0.611 bits per heavy atom. The van der Waals surface area contributed by atoms with E-state index in [-0.39, 0.29) is 0 Å². The summed E-state index contributed by atoms with van der Waals surface area (Å²) < 4.78 is 0. The van der Waals surface area contributed by atoms with Gasteiger partial charge in [-0.25, -0.2) is 0 Å². The Kier molecular flexibility index (Phi) is 8.99. The molecule has 0 spiro atoms. The van der Waals surface area contributed by atoms with Crippen LogP contribution in [0.3, 0.4) is 0 Å². The van der Waals surface area contributed by atoms with Crippen molar-refractivity contribution in [3.05, 3.63) is 0 Å². The maximum absolute atomic E-state index is 2.47. The van der Waals surface area contributed by atoms with Gasteiger partial charge in [0, 0.05) is 0 Å². The van der Waals surface area contributed by atoms with Gasteiger partial charge in [0.2, 0.25) is 0 Å². The van der Waals surface area contributed by atoms with E-state index in [1.807, 2.05) is 0 Å². The Labute approximate surface area is 117 Å². The second-order valence-electron chi connectivity index (χ2n) is 6.97. The minimum absolute atomic E-state index is 0.827. The van der Waals surface area contributed by atoms with Crippen LogP contribution in [-0.2, 0) is 0 Å². The second kappa shape index (κ2) is 8.99. The van der Waals surface area contributed by atoms with E-state index in [9.17, 15) is 0 Å². The summed E-state index contributed by atoms with van der Waals surface area (Å²) in [7, 11) is 0. The first kappa shape index (κ1) is 18.0.